The molecular weight excluding hydrogens is 376 g/mol. The average Bonchev–Trinajstić information content (AvgIpc) is 3.01. The Balaban J connectivity index is 1.26. The third-order valence-electron chi connectivity index (χ3n) is 6.95. The first-order valence-corrected chi connectivity index (χ1v) is 10.9. The third kappa shape index (κ3) is 2.96. The summed E-state index contributed by atoms with van der Waals surface area (Å²) in [4.78, 5) is 29.4. The fourth-order valence-corrected chi connectivity index (χ4v) is 5.50. The summed E-state index contributed by atoms with van der Waals surface area (Å²) in [6.07, 6.45) is 9.69. The van der Waals surface area contributed by atoms with Gasteiger partial charge in [-0.2, -0.15) is 0 Å². The van der Waals surface area contributed by atoms with Crippen molar-refractivity contribution in [1.82, 2.24) is 19.9 Å². The first kappa shape index (κ1) is 17.9. The number of piperazine rings is 1. The summed E-state index contributed by atoms with van der Waals surface area (Å²) in [5, 5.41) is 4.57. The van der Waals surface area contributed by atoms with Crippen LogP contribution in [0.15, 0.2) is 41.6 Å². The van der Waals surface area contributed by atoms with Gasteiger partial charge in [-0.05, 0) is 37.3 Å². The van der Waals surface area contributed by atoms with Gasteiger partial charge in [0.15, 0.2) is 0 Å². The molecule has 154 valence electrons. The van der Waals surface area contributed by atoms with E-state index in [9.17, 15) is 4.79 Å². The van der Waals surface area contributed by atoms with Crippen molar-refractivity contribution in [3.05, 3.63) is 58.3 Å². The molecule has 5 heterocycles. The van der Waals surface area contributed by atoms with Crippen LogP contribution in [0, 0.1) is 0 Å². The van der Waals surface area contributed by atoms with Gasteiger partial charge in [-0.25, -0.2) is 4.98 Å². The Hall–Kier alpha value is -2.93. The molecule has 0 saturated carbocycles. The number of anilines is 2. The topological polar surface area (TPSA) is 77.2 Å². The highest BCUT2D eigenvalue weighted by Gasteiger charge is 2.40. The van der Waals surface area contributed by atoms with E-state index in [0.29, 0.717) is 12.1 Å². The lowest BCUT2D eigenvalue weighted by Gasteiger charge is -2.41. The lowest BCUT2D eigenvalue weighted by atomic mass is 10.0. The largest absolute Gasteiger partial charge is 0.384 e. The van der Waals surface area contributed by atoms with Crippen LogP contribution in [0.3, 0.4) is 0 Å². The number of fused-ring (bicyclic) bond motifs is 5. The van der Waals surface area contributed by atoms with Crippen molar-refractivity contribution in [2.45, 2.75) is 44.3 Å². The fraction of sp³-hybridized carbons (Fsp3) is 0.435. The average molecular weight is 403 g/mol. The molecule has 30 heavy (non-hydrogen) atoms. The molecule has 3 aromatic rings. The minimum Gasteiger partial charge on any atom is -0.384 e. The lowest BCUT2D eigenvalue weighted by Crippen LogP contribution is -2.53. The van der Waals surface area contributed by atoms with Crippen LogP contribution in [-0.2, 0) is 13.0 Å². The number of rotatable bonds is 3. The molecule has 0 aliphatic carbocycles. The van der Waals surface area contributed by atoms with Crippen molar-refractivity contribution in [1.29, 1.82) is 0 Å². The van der Waals surface area contributed by atoms with Gasteiger partial charge in [0.05, 0.1) is 17.4 Å². The Labute approximate surface area is 175 Å². The normalized spacial score (nSPS) is 23.4. The van der Waals surface area contributed by atoms with Crippen LogP contribution in [0.25, 0.3) is 10.9 Å². The van der Waals surface area contributed by atoms with Gasteiger partial charge >= 0.3 is 0 Å². The number of H-pyrrole nitrogens is 1. The molecule has 3 aliphatic heterocycles. The first-order chi connectivity index (χ1) is 14.8. The minimum atomic E-state index is 0.0551. The number of benzene rings is 1. The SMILES string of the molecule is O=c1[nH]c2cc(CN3C4CCC3CN(c3cnccn3)C4)ccc2c2c1CCCN2. The van der Waals surface area contributed by atoms with Crippen molar-refractivity contribution in [3.63, 3.8) is 0 Å². The van der Waals surface area contributed by atoms with E-state index in [4.69, 9.17) is 0 Å². The van der Waals surface area contributed by atoms with Crippen LogP contribution >= 0.6 is 0 Å². The Morgan fingerprint density at radius 3 is 2.80 bits per heavy atom. The van der Waals surface area contributed by atoms with E-state index in [1.165, 1.54) is 18.4 Å². The van der Waals surface area contributed by atoms with Crippen LogP contribution in [0.5, 0.6) is 0 Å². The number of hydrogen-bond donors (Lipinski definition) is 2. The van der Waals surface area contributed by atoms with E-state index in [-0.39, 0.29) is 5.56 Å². The predicted octanol–water partition coefficient (Wildman–Crippen LogP) is 2.53. The number of pyridine rings is 1. The van der Waals surface area contributed by atoms with E-state index in [2.05, 4.69) is 48.3 Å². The smallest absolute Gasteiger partial charge is 0.253 e. The summed E-state index contributed by atoms with van der Waals surface area (Å²) in [7, 11) is 0. The number of nitrogens with one attached hydrogen (secondary N) is 2. The minimum absolute atomic E-state index is 0.0551. The van der Waals surface area contributed by atoms with E-state index >= 15 is 0 Å². The van der Waals surface area contributed by atoms with Gasteiger partial charge in [-0.15, -0.1) is 0 Å². The van der Waals surface area contributed by atoms with E-state index in [1.807, 2.05) is 6.20 Å². The maximum Gasteiger partial charge on any atom is 0.253 e. The maximum absolute atomic E-state index is 12.5. The second-order valence-electron chi connectivity index (χ2n) is 8.74. The van der Waals surface area contributed by atoms with E-state index in [1.54, 1.807) is 12.4 Å². The number of nitrogens with zero attached hydrogens (tertiary/aromatic N) is 4. The third-order valence-corrected chi connectivity index (χ3v) is 6.95. The van der Waals surface area contributed by atoms with Gasteiger partial charge in [0.2, 0.25) is 0 Å². The predicted molar refractivity (Wildman–Crippen MR) is 118 cm³/mol. The van der Waals surface area contributed by atoms with Crippen molar-refractivity contribution < 1.29 is 0 Å². The Morgan fingerprint density at radius 1 is 1.13 bits per heavy atom. The Bertz CT molecular complexity index is 1130. The second kappa shape index (κ2) is 7.09. The monoisotopic (exact) mass is 402 g/mol. The molecule has 2 unspecified atom stereocenters. The molecule has 2 saturated heterocycles. The standard InChI is InChI=1S/C23H26N6O/c30-23-19-2-1-7-26-22(19)18-6-3-15(10-20(18)27-23)12-29-16-4-5-17(29)14-28(13-16)21-11-24-8-9-25-21/h3,6,8-11,16-17,26H,1-2,4-5,7,12-14H2,(H,27,30). The van der Waals surface area contributed by atoms with Gasteiger partial charge in [0, 0.05) is 61.6 Å². The molecule has 1 aromatic carbocycles. The lowest BCUT2D eigenvalue weighted by molar-refractivity contribution is 0.160. The summed E-state index contributed by atoms with van der Waals surface area (Å²) < 4.78 is 0. The van der Waals surface area contributed by atoms with Crippen LogP contribution in [0.2, 0.25) is 0 Å². The van der Waals surface area contributed by atoms with Crippen LogP contribution in [-0.4, -0.2) is 51.6 Å². The van der Waals surface area contributed by atoms with Crippen LogP contribution in [0.1, 0.15) is 30.4 Å². The number of aromatic nitrogens is 3. The Kier molecular flexibility index (Phi) is 4.23. The van der Waals surface area contributed by atoms with Crippen molar-refractivity contribution in [2.75, 3.05) is 29.9 Å². The molecule has 2 bridgehead atoms. The molecule has 2 aromatic heterocycles. The van der Waals surface area contributed by atoms with Crippen molar-refractivity contribution in [2.24, 2.45) is 0 Å². The highest BCUT2D eigenvalue weighted by Crippen LogP contribution is 2.34. The van der Waals surface area contributed by atoms with Gasteiger partial charge in [0.1, 0.15) is 5.82 Å². The van der Waals surface area contributed by atoms with Crippen LogP contribution < -0.4 is 15.8 Å². The number of hydrogen-bond acceptors (Lipinski definition) is 6. The van der Waals surface area contributed by atoms with Crippen molar-refractivity contribution in [3.8, 4) is 0 Å². The summed E-state index contributed by atoms with van der Waals surface area (Å²) >= 11 is 0. The van der Waals surface area contributed by atoms with Gasteiger partial charge in [-0.3, -0.25) is 14.7 Å². The molecular formula is C23H26N6O. The number of aromatic amines is 1. The van der Waals surface area contributed by atoms with Gasteiger partial charge in [-0.1, -0.05) is 12.1 Å². The van der Waals surface area contributed by atoms with Gasteiger partial charge < -0.3 is 15.2 Å². The quantitative estimate of drug-likeness (QED) is 0.701. The molecule has 0 amide bonds. The molecule has 7 heteroatoms. The summed E-state index contributed by atoms with van der Waals surface area (Å²) in [5.74, 6) is 0.981. The zero-order chi connectivity index (χ0) is 20.1. The van der Waals surface area contributed by atoms with Crippen molar-refractivity contribution >= 4 is 22.4 Å². The first-order valence-electron chi connectivity index (χ1n) is 10.9. The molecule has 7 nitrogen and oxygen atoms in total. The summed E-state index contributed by atoms with van der Waals surface area (Å²) in [6, 6.07) is 7.64. The maximum atomic E-state index is 12.5. The molecule has 0 spiro atoms. The van der Waals surface area contributed by atoms with E-state index in [0.717, 1.165) is 67.0 Å². The van der Waals surface area contributed by atoms with Crippen LogP contribution in [0.4, 0.5) is 11.5 Å². The molecule has 2 fully saturated rings. The Morgan fingerprint density at radius 2 is 2.00 bits per heavy atom. The molecule has 6 rings (SSSR count). The summed E-state index contributed by atoms with van der Waals surface area (Å²) in [5.41, 5.74) is 4.19. The second-order valence-corrected chi connectivity index (χ2v) is 8.74. The molecule has 2 N–H and O–H groups in total. The zero-order valence-corrected chi connectivity index (χ0v) is 17.0. The molecule has 0 radical (unpaired) electrons. The summed E-state index contributed by atoms with van der Waals surface area (Å²) in [6.45, 7) is 3.85. The van der Waals surface area contributed by atoms with E-state index < -0.39 is 0 Å². The zero-order valence-electron chi connectivity index (χ0n) is 17.0. The highest BCUT2D eigenvalue weighted by atomic mass is 16.1. The molecule has 3 aliphatic rings. The molecule has 2 atom stereocenters. The van der Waals surface area contributed by atoms with Gasteiger partial charge in [0.25, 0.3) is 5.56 Å². The fourth-order valence-electron chi connectivity index (χ4n) is 5.50. The highest BCUT2D eigenvalue weighted by molar-refractivity contribution is 5.93.